The number of urea groups is 1. The molecular weight excluding hydrogens is 575 g/mol. The smallest absolute Gasteiger partial charge is 0.406 e. The van der Waals surface area contributed by atoms with E-state index in [0.717, 1.165) is 56.4 Å². The van der Waals surface area contributed by atoms with Crippen LogP contribution in [0.2, 0.25) is 0 Å². The van der Waals surface area contributed by atoms with E-state index < -0.39 is 12.4 Å². The van der Waals surface area contributed by atoms with Crippen LogP contribution in [0.25, 0.3) is 0 Å². The van der Waals surface area contributed by atoms with E-state index in [-0.39, 0.29) is 5.75 Å². The van der Waals surface area contributed by atoms with E-state index in [0.29, 0.717) is 23.1 Å². The van der Waals surface area contributed by atoms with Crippen LogP contribution >= 0.6 is 0 Å². The van der Waals surface area contributed by atoms with Gasteiger partial charge in [0.2, 0.25) is 5.95 Å². The normalized spacial score (nSPS) is 13.7. The molecule has 2 heterocycles. The Kier molecular flexibility index (Phi) is 9.46. The molecule has 1 aliphatic rings. The molecule has 10 nitrogen and oxygen atoms in total. The molecule has 13 heteroatoms. The van der Waals surface area contributed by atoms with E-state index in [2.05, 4.69) is 54.6 Å². The molecule has 0 spiro atoms. The van der Waals surface area contributed by atoms with Crippen molar-refractivity contribution in [3.05, 3.63) is 90.1 Å². The van der Waals surface area contributed by atoms with Crippen LogP contribution in [0.15, 0.2) is 79.0 Å². The molecule has 1 aromatic heterocycles. The molecule has 0 aliphatic carbocycles. The van der Waals surface area contributed by atoms with E-state index in [4.69, 9.17) is 4.74 Å². The van der Waals surface area contributed by atoms with Gasteiger partial charge in [0.25, 0.3) is 0 Å². The number of nitrogens with one attached hydrogen (secondary N) is 3. The van der Waals surface area contributed by atoms with Gasteiger partial charge in [0.05, 0.1) is 13.2 Å². The van der Waals surface area contributed by atoms with Crippen LogP contribution in [0.5, 0.6) is 5.75 Å². The predicted octanol–water partition coefficient (Wildman–Crippen LogP) is 6.67. The number of hydrogen-bond acceptors (Lipinski definition) is 8. The standard InChI is InChI=1S/C31H32F3N7O3/c1-21-3-4-25(19-22(21)20-41-15-17-43-18-16-41)36-29-35-14-13-28(39-29)40(2)26-9-5-23(6-10-26)37-30(42)38-24-7-11-27(12-8-24)44-31(32,33)34/h3-14,19H,15-18,20H2,1-2H3,(H,35,36,39)(H2,37,38,42). The lowest BCUT2D eigenvalue weighted by Crippen LogP contribution is -2.35. The Labute approximate surface area is 252 Å². The maximum Gasteiger partial charge on any atom is 0.573 e. The fraction of sp³-hybridized carbons (Fsp3) is 0.258. The number of aryl methyl sites for hydroxylation is 1. The van der Waals surface area contributed by atoms with Gasteiger partial charge in [-0.3, -0.25) is 4.90 Å². The van der Waals surface area contributed by atoms with Crippen LogP contribution in [-0.2, 0) is 11.3 Å². The van der Waals surface area contributed by atoms with Gasteiger partial charge in [-0.1, -0.05) is 6.07 Å². The number of rotatable bonds is 9. The zero-order valence-electron chi connectivity index (χ0n) is 24.2. The Hall–Kier alpha value is -4.88. The molecule has 2 amide bonds. The quantitative estimate of drug-likeness (QED) is 0.194. The monoisotopic (exact) mass is 607 g/mol. The van der Waals surface area contributed by atoms with Gasteiger partial charge in [-0.25, -0.2) is 9.78 Å². The summed E-state index contributed by atoms with van der Waals surface area (Å²) in [6, 6.07) is 19.5. The molecular formula is C31H32F3N7O3. The van der Waals surface area contributed by atoms with Crippen LogP contribution < -0.4 is 25.6 Å². The van der Waals surface area contributed by atoms with Crippen LogP contribution in [0.4, 0.5) is 52.5 Å². The molecule has 1 fully saturated rings. The van der Waals surface area contributed by atoms with Crippen molar-refractivity contribution < 1.29 is 27.4 Å². The number of carbonyl (C=O) groups excluding carboxylic acids is 1. The van der Waals surface area contributed by atoms with Crippen molar-refractivity contribution in [1.82, 2.24) is 14.9 Å². The van der Waals surface area contributed by atoms with Crippen molar-refractivity contribution >= 4 is 40.5 Å². The number of nitrogens with zero attached hydrogens (tertiary/aromatic N) is 4. The fourth-order valence-corrected chi connectivity index (χ4v) is 4.58. The summed E-state index contributed by atoms with van der Waals surface area (Å²) < 4.78 is 46.3. The van der Waals surface area contributed by atoms with Crippen molar-refractivity contribution in [3.8, 4) is 5.75 Å². The zero-order valence-corrected chi connectivity index (χ0v) is 24.2. The van der Waals surface area contributed by atoms with Gasteiger partial charge in [-0.15, -0.1) is 13.2 Å². The van der Waals surface area contributed by atoms with Gasteiger partial charge in [-0.2, -0.15) is 4.98 Å². The summed E-state index contributed by atoms with van der Waals surface area (Å²) in [6.07, 6.45) is -3.10. The summed E-state index contributed by atoms with van der Waals surface area (Å²) in [5.74, 6) is 0.751. The van der Waals surface area contributed by atoms with Crippen LogP contribution in [0.3, 0.4) is 0 Å². The number of halogens is 3. The highest BCUT2D eigenvalue weighted by molar-refractivity contribution is 5.99. The molecule has 1 saturated heterocycles. The van der Waals surface area contributed by atoms with Gasteiger partial charge in [0.15, 0.2) is 0 Å². The Bertz CT molecular complexity index is 1560. The lowest BCUT2D eigenvalue weighted by atomic mass is 10.1. The third kappa shape index (κ3) is 8.58. The highest BCUT2D eigenvalue weighted by Gasteiger charge is 2.31. The van der Waals surface area contributed by atoms with Crippen molar-refractivity contribution in [2.75, 3.05) is 54.2 Å². The molecule has 5 rings (SSSR count). The maximum absolute atomic E-state index is 12.4. The minimum atomic E-state index is -4.78. The molecule has 44 heavy (non-hydrogen) atoms. The highest BCUT2D eigenvalue weighted by Crippen LogP contribution is 2.27. The molecule has 3 aromatic carbocycles. The molecule has 230 valence electrons. The van der Waals surface area contributed by atoms with Gasteiger partial charge in [-0.05, 0) is 84.8 Å². The first-order chi connectivity index (χ1) is 21.1. The molecule has 1 aliphatic heterocycles. The predicted molar refractivity (Wildman–Crippen MR) is 163 cm³/mol. The number of carbonyl (C=O) groups is 1. The van der Waals surface area contributed by atoms with Crippen molar-refractivity contribution in [2.45, 2.75) is 19.8 Å². The van der Waals surface area contributed by atoms with Gasteiger partial charge in [0.1, 0.15) is 11.6 Å². The van der Waals surface area contributed by atoms with E-state index in [1.54, 1.807) is 24.4 Å². The number of anilines is 6. The summed E-state index contributed by atoms with van der Waals surface area (Å²) in [7, 11) is 1.87. The van der Waals surface area contributed by atoms with E-state index in [1.807, 2.05) is 30.1 Å². The Morgan fingerprint density at radius 3 is 2.25 bits per heavy atom. The summed E-state index contributed by atoms with van der Waals surface area (Å²) in [6.45, 7) is 6.31. The number of morpholine rings is 1. The first-order valence-corrected chi connectivity index (χ1v) is 13.9. The zero-order chi connectivity index (χ0) is 31.1. The van der Waals surface area contributed by atoms with Gasteiger partial charge >= 0.3 is 12.4 Å². The molecule has 0 saturated carbocycles. The minimum absolute atomic E-state index is 0.306. The number of benzene rings is 3. The van der Waals surface area contributed by atoms with Crippen LogP contribution in [0, 0.1) is 6.92 Å². The topological polar surface area (TPSA) is 104 Å². The van der Waals surface area contributed by atoms with E-state index in [1.165, 1.54) is 23.3 Å². The number of hydrogen-bond donors (Lipinski definition) is 3. The van der Waals surface area contributed by atoms with E-state index in [9.17, 15) is 18.0 Å². The van der Waals surface area contributed by atoms with Gasteiger partial charge < -0.3 is 30.3 Å². The summed E-state index contributed by atoms with van der Waals surface area (Å²) >= 11 is 0. The molecule has 0 unspecified atom stereocenters. The third-order valence-corrected chi connectivity index (χ3v) is 6.95. The lowest BCUT2D eigenvalue weighted by molar-refractivity contribution is -0.274. The van der Waals surface area contributed by atoms with Crippen molar-refractivity contribution in [1.29, 1.82) is 0 Å². The van der Waals surface area contributed by atoms with E-state index >= 15 is 0 Å². The first kappa shape index (κ1) is 30.6. The molecule has 3 N–H and O–H groups in total. The fourth-order valence-electron chi connectivity index (χ4n) is 4.58. The third-order valence-electron chi connectivity index (χ3n) is 6.95. The first-order valence-electron chi connectivity index (χ1n) is 13.9. The van der Waals surface area contributed by atoms with Gasteiger partial charge in [0, 0.05) is 55.6 Å². The van der Waals surface area contributed by atoms with Crippen molar-refractivity contribution in [3.63, 3.8) is 0 Å². The largest absolute Gasteiger partial charge is 0.573 e. The second-order valence-corrected chi connectivity index (χ2v) is 10.2. The summed E-state index contributed by atoms with van der Waals surface area (Å²) in [5, 5.41) is 8.58. The average Bonchev–Trinajstić information content (AvgIpc) is 3.00. The SMILES string of the molecule is Cc1ccc(Nc2nccc(N(C)c3ccc(NC(=O)Nc4ccc(OC(F)(F)F)cc4)cc3)n2)cc1CN1CCOCC1. The second kappa shape index (κ2) is 13.6. The Morgan fingerprint density at radius 2 is 1.59 bits per heavy atom. The maximum atomic E-state index is 12.4. The molecule has 0 bridgehead atoms. The lowest BCUT2D eigenvalue weighted by Gasteiger charge is -2.27. The number of alkyl halides is 3. The second-order valence-electron chi connectivity index (χ2n) is 10.2. The molecule has 0 radical (unpaired) electrons. The average molecular weight is 608 g/mol. The van der Waals surface area contributed by atoms with Crippen LogP contribution in [0.1, 0.15) is 11.1 Å². The Morgan fingerprint density at radius 1 is 0.955 bits per heavy atom. The minimum Gasteiger partial charge on any atom is -0.406 e. The number of aromatic nitrogens is 2. The molecule has 0 atom stereocenters. The summed E-state index contributed by atoms with van der Waals surface area (Å²) in [5.41, 5.74) is 5.01. The highest BCUT2D eigenvalue weighted by atomic mass is 19.4. The Balaban J connectivity index is 1.17. The van der Waals surface area contributed by atoms with Crippen molar-refractivity contribution in [2.24, 2.45) is 0 Å². The summed E-state index contributed by atoms with van der Waals surface area (Å²) in [4.78, 5) is 25.7. The molecule has 4 aromatic rings. The van der Waals surface area contributed by atoms with Crippen LogP contribution in [-0.4, -0.2) is 60.6 Å². The number of ether oxygens (including phenoxy) is 2. The number of amides is 2.